The standard InChI is InChI=1S/C12H14ClN3O2/c13-10-2-1-3-12(8-10)18-7-5-16-9-11(4-6-17)14-15-16/h1-3,8-9,17H,4-7H2. The van der Waals surface area contributed by atoms with E-state index in [4.69, 9.17) is 21.4 Å². The zero-order valence-corrected chi connectivity index (χ0v) is 10.5. The summed E-state index contributed by atoms with van der Waals surface area (Å²) in [6.45, 7) is 1.17. The predicted octanol–water partition coefficient (Wildman–Crippen LogP) is 1.55. The summed E-state index contributed by atoms with van der Waals surface area (Å²) >= 11 is 5.85. The molecule has 18 heavy (non-hydrogen) atoms. The molecule has 0 saturated heterocycles. The topological polar surface area (TPSA) is 60.2 Å². The number of nitrogens with zero attached hydrogens (tertiary/aromatic N) is 3. The summed E-state index contributed by atoms with van der Waals surface area (Å²) in [5, 5.41) is 17.3. The summed E-state index contributed by atoms with van der Waals surface area (Å²) < 4.78 is 7.23. The summed E-state index contributed by atoms with van der Waals surface area (Å²) in [6.07, 6.45) is 2.33. The molecular formula is C12H14ClN3O2. The van der Waals surface area contributed by atoms with Crippen molar-refractivity contribution >= 4 is 11.6 Å². The largest absolute Gasteiger partial charge is 0.492 e. The number of aliphatic hydroxyl groups excluding tert-OH is 1. The average Bonchev–Trinajstić information content (AvgIpc) is 2.78. The Bertz CT molecular complexity index is 502. The number of ether oxygens (including phenoxy) is 1. The Balaban J connectivity index is 1.81. The van der Waals surface area contributed by atoms with Crippen LogP contribution in [0.15, 0.2) is 30.5 Å². The Morgan fingerprint density at radius 1 is 1.39 bits per heavy atom. The second-order valence-electron chi connectivity index (χ2n) is 3.75. The maximum absolute atomic E-state index is 8.77. The zero-order chi connectivity index (χ0) is 12.8. The fourth-order valence-corrected chi connectivity index (χ4v) is 1.67. The third kappa shape index (κ3) is 3.72. The van der Waals surface area contributed by atoms with Gasteiger partial charge >= 0.3 is 0 Å². The Morgan fingerprint density at radius 2 is 2.28 bits per heavy atom. The molecular weight excluding hydrogens is 254 g/mol. The van der Waals surface area contributed by atoms with Crippen molar-refractivity contribution in [2.75, 3.05) is 13.2 Å². The molecule has 5 nitrogen and oxygen atoms in total. The zero-order valence-electron chi connectivity index (χ0n) is 9.79. The van der Waals surface area contributed by atoms with Gasteiger partial charge < -0.3 is 9.84 Å². The number of halogens is 1. The molecule has 2 rings (SSSR count). The molecule has 1 N–H and O–H groups in total. The molecule has 0 atom stereocenters. The first-order valence-corrected chi connectivity index (χ1v) is 6.04. The van der Waals surface area contributed by atoms with Crippen molar-refractivity contribution < 1.29 is 9.84 Å². The molecule has 0 unspecified atom stereocenters. The van der Waals surface area contributed by atoms with Crippen molar-refractivity contribution in [2.24, 2.45) is 0 Å². The van der Waals surface area contributed by atoms with Gasteiger partial charge in [0.2, 0.25) is 0 Å². The van der Waals surface area contributed by atoms with Gasteiger partial charge in [0.15, 0.2) is 0 Å². The van der Waals surface area contributed by atoms with E-state index >= 15 is 0 Å². The maximum atomic E-state index is 8.77. The number of aromatic nitrogens is 3. The molecule has 6 heteroatoms. The number of benzene rings is 1. The minimum Gasteiger partial charge on any atom is -0.492 e. The lowest BCUT2D eigenvalue weighted by molar-refractivity contribution is 0.289. The summed E-state index contributed by atoms with van der Waals surface area (Å²) in [5.41, 5.74) is 0.778. The van der Waals surface area contributed by atoms with E-state index in [1.165, 1.54) is 0 Å². The number of hydrogen-bond donors (Lipinski definition) is 1. The number of rotatable bonds is 6. The van der Waals surface area contributed by atoms with Crippen molar-refractivity contribution in [1.29, 1.82) is 0 Å². The minimum absolute atomic E-state index is 0.0811. The second-order valence-corrected chi connectivity index (χ2v) is 4.19. The first-order chi connectivity index (χ1) is 8.78. The Morgan fingerprint density at radius 3 is 3.06 bits per heavy atom. The first kappa shape index (κ1) is 12.9. The monoisotopic (exact) mass is 267 g/mol. The summed E-state index contributed by atoms with van der Waals surface area (Å²) in [5.74, 6) is 0.734. The molecule has 0 bridgehead atoms. The van der Waals surface area contributed by atoms with E-state index in [-0.39, 0.29) is 6.61 Å². The van der Waals surface area contributed by atoms with Crippen LogP contribution >= 0.6 is 11.6 Å². The fraction of sp³-hybridized carbons (Fsp3) is 0.333. The molecule has 0 saturated carbocycles. The first-order valence-electron chi connectivity index (χ1n) is 5.66. The molecule has 2 aromatic rings. The van der Waals surface area contributed by atoms with Gasteiger partial charge in [-0.15, -0.1) is 5.10 Å². The highest BCUT2D eigenvalue weighted by Gasteiger charge is 2.00. The van der Waals surface area contributed by atoms with Gasteiger partial charge in [-0.05, 0) is 18.2 Å². The quantitative estimate of drug-likeness (QED) is 0.863. The lowest BCUT2D eigenvalue weighted by Crippen LogP contribution is -2.08. The van der Waals surface area contributed by atoms with Crippen LogP contribution in [0.2, 0.25) is 5.02 Å². The van der Waals surface area contributed by atoms with Crippen LogP contribution in [0, 0.1) is 0 Å². The molecule has 0 aliphatic carbocycles. The van der Waals surface area contributed by atoms with Crippen LogP contribution in [0.5, 0.6) is 5.75 Å². The van der Waals surface area contributed by atoms with Gasteiger partial charge in [-0.3, -0.25) is 0 Å². The van der Waals surface area contributed by atoms with Crippen molar-refractivity contribution in [2.45, 2.75) is 13.0 Å². The van der Waals surface area contributed by atoms with Gasteiger partial charge in [-0.25, -0.2) is 4.68 Å². The third-order valence-electron chi connectivity index (χ3n) is 2.34. The average molecular weight is 268 g/mol. The number of hydrogen-bond acceptors (Lipinski definition) is 4. The smallest absolute Gasteiger partial charge is 0.120 e. The highest BCUT2D eigenvalue weighted by molar-refractivity contribution is 6.30. The molecule has 1 aromatic heterocycles. The van der Waals surface area contributed by atoms with Gasteiger partial charge in [0.05, 0.1) is 12.2 Å². The highest BCUT2D eigenvalue weighted by atomic mass is 35.5. The van der Waals surface area contributed by atoms with E-state index in [1.807, 2.05) is 12.1 Å². The van der Waals surface area contributed by atoms with Gasteiger partial charge in [0.25, 0.3) is 0 Å². The number of aliphatic hydroxyl groups is 1. The van der Waals surface area contributed by atoms with E-state index in [1.54, 1.807) is 23.0 Å². The molecule has 0 radical (unpaired) electrons. The van der Waals surface area contributed by atoms with Crippen LogP contribution in [0.1, 0.15) is 5.69 Å². The van der Waals surface area contributed by atoms with Crippen molar-refractivity contribution in [1.82, 2.24) is 15.0 Å². The molecule has 1 aromatic carbocycles. The Labute approximate surface area is 110 Å². The van der Waals surface area contributed by atoms with Crippen molar-refractivity contribution in [3.8, 4) is 5.75 Å². The van der Waals surface area contributed by atoms with Gasteiger partial charge in [-0.2, -0.15) is 0 Å². The predicted molar refractivity (Wildman–Crippen MR) is 67.8 cm³/mol. The van der Waals surface area contributed by atoms with Crippen LogP contribution in [0.25, 0.3) is 0 Å². The molecule has 0 spiro atoms. The maximum Gasteiger partial charge on any atom is 0.120 e. The van der Waals surface area contributed by atoms with Gasteiger partial charge in [0, 0.05) is 24.2 Å². The van der Waals surface area contributed by atoms with Crippen LogP contribution in [-0.2, 0) is 13.0 Å². The van der Waals surface area contributed by atoms with E-state index in [0.29, 0.717) is 24.6 Å². The molecule has 1 heterocycles. The van der Waals surface area contributed by atoms with Crippen molar-refractivity contribution in [3.05, 3.63) is 41.2 Å². The normalized spacial score (nSPS) is 10.6. The molecule has 0 aliphatic heterocycles. The van der Waals surface area contributed by atoms with Crippen molar-refractivity contribution in [3.63, 3.8) is 0 Å². The lowest BCUT2D eigenvalue weighted by Gasteiger charge is -2.05. The molecule has 0 aliphatic rings. The van der Waals surface area contributed by atoms with E-state index in [2.05, 4.69) is 10.3 Å². The lowest BCUT2D eigenvalue weighted by atomic mass is 10.3. The fourth-order valence-electron chi connectivity index (χ4n) is 1.49. The van der Waals surface area contributed by atoms with E-state index in [9.17, 15) is 0 Å². The molecule has 0 fully saturated rings. The van der Waals surface area contributed by atoms with Gasteiger partial charge in [0.1, 0.15) is 12.4 Å². The van der Waals surface area contributed by atoms with E-state index < -0.39 is 0 Å². The minimum atomic E-state index is 0.0811. The summed E-state index contributed by atoms with van der Waals surface area (Å²) in [4.78, 5) is 0. The SMILES string of the molecule is OCCc1cn(CCOc2cccc(Cl)c2)nn1. The third-order valence-corrected chi connectivity index (χ3v) is 2.57. The second kappa shape index (κ2) is 6.37. The molecule has 96 valence electrons. The molecule has 0 amide bonds. The summed E-state index contributed by atoms with van der Waals surface area (Å²) in [7, 11) is 0. The Hall–Kier alpha value is -1.59. The highest BCUT2D eigenvalue weighted by Crippen LogP contribution is 2.16. The van der Waals surface area contributed by atoms with Gasteiger partial charge in [-0.1, -0.05) is 22.9 Å². The van der Waals surface area contributed by atoms with E-state index in [0.717, 1.165) is 11.4 Å². The van der Waals surface area contributed by atoms with Crippen LogP contribution < -0.4 is 4.74 Å². The van der Waals surface area contributed by atoms with Crippen LogP contribution in [-0.4, -0.2) is 33.3 Å². The van der Waals surface area contributed by atoms with Crippen LogP contribution in [0.3, 0.4) is 0 Å². The summed E-state index contributed by atoms with van der Waals surface area (Å²) in [6, 6.07) is 7.25. The van der Waals surface area contributed by atoms with Crippen LogP contribution in [0.4, 0.5) is 0 Å². The Kier molecular flexibility index (Phi) is 4.55.